The van der Waals surface area contributed by atoms with E-state index >= 15 is 0 Å². The minimum absolute atomic E-state index is 0.0982. The number of hydrogen-bond acceptors (Lipinski definition) is 4. The van der Waals surface area contributed by atoms with Crippen molar-refractivity contribution in [3.63, 3.8) is 0 Å². The zero-order chi connectivity index (χ0) is 20.6. The Morgan fingerprint density at radius 1 is 1.17 bits per heavy atom. The van der Waals surface area contributed by atoms with Crippen molar-refractivity contribution >= 4 is 5.65 Å². The summed E-state index contributed by atoms with van der Waals surface area (Å²) in [5, 5.41) is 4.29. The number of aryl methyl sites for hydroxylation is 1. The molecule has 1 saturated heterocycles. The lowest BCUT2D eigenvalue weighted by Crippen LogP contribution is -2.19. The van der Waals surface area contributed by atoms with Gasteiger partial charge in [-0.2, -0.15) is 18.3 Å². The molecule has 2 aromatic heterocycles. The molecule has 0 radical (unpaired) electrons. The van der Waals surface area contributed by atoms with Gasteiger partial charge in [-0.05, 0) is 43.1 Å². The maximum atomic E-state index is 13.5. The standard InChI is InChI=1S/C21H23F3N4O/c1-3-16-10-19(21(22,23)24)28-20(25-16)11-18(26-28)15-8-9-27(13-15)12-14-4-6-17(29-2)7-5-14/h4-7,10-11,15H,3,8-9,12-13H2,1-2H3/t15-/m0/s1. The maximum Gasteiger partial charge on any atom is 0.433 e. The molecule has 1 aliphatic heterocycles. The molecule has 0 unspecified atom stereocenters. The van der Waals surface area contributed by atoms with Gasteiger partial charge in [-0.25, -0.2) is 9.50 Å². The summed E-state index contributed by atoms with van der Waals surface area (Å²) >= 11 is 0. The monoisotopic (exact) mass is 404 g/mol. The lowest BCUT2D eigenvalue weighted by atomic mass is 10.1. The highest BCUT2D eigenvalue weighted by molar-refractivity contribution is 5.43. The molecule has 8 heteroatoms. The molecule has 1 fully saturated rings. The van der Waals surface area contributed by atoms with Crippen molar-refractivity contribution in [2.24, 2.45) is 0 Å². The van der Waals surface area contributed by atoms with Gasteiger partial charge in [0, 0.05) is 30.8 Å². The highest BCUT2D eigenvalue weighted by Gasteiger charge is 2.36. The molecule has 3 heterocycles. The molecule has 29 heavy (non-hydrogen) atoms. The number of nitrogens with zero attached hydrogens (tertiary/aromatic N) is 4. The first-order chi connectivity index (χ1) is 13.9. The van der Waals surface area contributed by atoms with Gasteiger partial charge in [-0.3, -0.25) is 4.90 Å². The summed E-state index contributed by atoms with van der Waals surface area (Å²) < 4.78 is 46.5. The molecule has 0 spiro atoms. The smallest absolute Gasteiger partial charge is 0.433 e. The Labute approximate surface area is 167 Å². The van der Waals surface area contributed by atoms with Crippen molar-refractivity contribution in [3.8, 4) is 5.75 Å². The number of likely N-dealkylation sites (tertiary alicyclic amines) is 1. The Hall–Kier alpha value is -2.61. The fourth-order valence-electron chi connectivity index (χ4n) is 3.83. The summed E-state index contributed by atoms with van der Waals surface area (Å²) in [7, 11) is 1.64. The maximum absolute atomic E-state index is 13.5. The third-order valence-electron chi connectivity index (χ3n) is 5.41. The second-order valence-electron chi connectivity index (χ2n) is 7.39. The highest BCUT2D eigenvalue weighted by Crippen LogP contribution is 2.32. The molecule has 0 amide bonds. The van der Waals surface area contributed by atoms with Gasteiger partial charge in [0.1, 0.15) is 11.4 Å². The van der Waals surface area contributed by atoms with Crippen LogP contribution >= 0.6 is 0 Å². The van der Waals surface area contributed by atoms with Crippen LogP contribution in [-0.4, -0.2) is 39.7 Å². The van der Waals surface area contributed by atoms with Gasteiger partial charge in [0.2, 0.25) is 0 Å². The molecule has 154 valence electrons. The Morgan fingerprint density at radius 3 is 2.59 bits per heavy atom. The SMILES string of the molecule is CCc1cc(C(F)(F)F)n2nc([C@H]3CCN(Cc4ccc(OC)cc4)C3)cc2n1. The molecule has 0 saturated carbocycles. The summed E-state index contributed by atoms with van der Waals surface area (Å²) in [6.45, 7) is 4.23. The van der Waals surface area contributed by atoms with Crippen LogP contribution in [0, 0.1) is 0 Å². The van der Waals surface area contributed by atoms with Crippen molar-refractivity contribution in [1.82, 2.24) is 19.5 Å². The van der Waals surface area contributed by atoms with Crippen molar-refractivity contribution in [1.29, 1.82) is 0 Å². The van der Waals surface area contributed by atoms with Crippen LogP contribution in [0.3, 0.4) is 0 Å². The van der Waals surface area contributed by atoms with Crippen molar-refractivity contribution in [2.45, 2.75) is 38.4 Å². The van der Waals surface area contributed by atoms with Gasteiger partial charge in [0.05, 0.1) is 12.8 Å². The Balaban J connectivity index is 1.54. The summed E-state index contributed by atoms with van der Waals surface area (Å²) in [6, 6.07) is 10.7. The number of hydrogen-bond donors (Lipinski definition) is 0. The van der Waals surface area contributed by atoms with Crippen LogP contribution in [0.2, 0.25) is 0 Å². The number of rotatable bonds is 5. The number of halogens is 3. The first-order valence-corrected chi connectivity index (χ1v) is 9.69. The third-order valence-corrected chi connectivity index (χ3v) is 5.41. The van der Waals surface area contributed by atoms with Gasteiger partial charge in [-0.15, -0.1) is 0 Å². The van der Waals surface area contributed by atoms with E-state index in [1.807, 2.05) is 24.3 Å². The zero-order valence-corrected chi connectivity index (χ0v) is 16.4. The predicted molar refractivity (Wildman–Crippen MR) is 103 cm³/mol. The predicted octanol–water partition coefficient (Wildman–Crippen LogP) is 4.31. The summed E-state index contributed by atoms with van der Waals surface area (Å²) in [5.41, 5.74) is 1.77. The Morgan fingerprint density at radius 2 is 1.93 bits per heavy atom. The fourth-order valence-corrected chi connectivity index (χ4v) is 3.83. The topological polar surface area (TPSA) is 42.7 Å². The van der Waals surface area contributed by atoms with E-state index < -0.39 is 11.9 Å². The summed E-state index contributed by atoms with van der Waals surface area (Å²) in [4.78, 5) is 6.64. The van der Waals surface area contributed by atoms with Crippen LogP contribution in [0.1, 0.15) is 41.9 Å². The molecule has 0 bridgehead atoms. The average Bonchev–Trinajstić information content (AvgIpc) is 3.33. The summed E-state index contributed by atoms with van der Waals surface area (Å²) in [5.74, 6) is 0.915. The van der Waals surface area contributed by atoms with Crippen molar-refractivity contribution < 1.29 is 17.9 Å². The molecule has 4 rings (SSSR count). The number of ether oxygens (including phenoxy) is 1. The normalized spacial score (nSPS) is 17.9. The van der Waals surface area contributed by atoms with Crippen molar-refractivity contribution in [2.75, 3.05) is 20.2 Å². The van der Waals surface area contributed by atoms with Gasteiger partial charge < -0.3 is 4.74 Å². The number of benzene rings is 1. The second-order valence-corrected chi connectivity index (χ2v) is 7.39. The van der Waals surface area contributed by atoms with Gasteiger partial charge in [0.15, 0.2) is 5.65 Å². The number of alkyl halides is 3. The van der Waals surface area contributed by atoms with Crippen LogP contribution in [0.15, 0.2) is 36.4 Å². The molecule has 3 aromatic rings. The molecule has 0 N–H and O–H groups in total. The van der Waals surface area contributed by atoms with Crippen LogP contribution in [0.4, 0.5) is 13.2 Å². The van der Waals surface area contributed by atoms with Crippen molar-refractivity contribution in [3.05, 3.63) is 59.0 Å². The molecule has 5 nitrogen and oxygen atoms in total. The van der Waals surface area contributed by atoms with Crippen LogP contribution in [0.5, 0.6) is 5.75 Å². The zero-order valence-electron chi connectivity index (χ0n) is 16.4. The van der Waals surface area contributed by atoms with E-state index in [4.69, 9.17) is 4.74 Å². The molecular weight excluding hydrogens is 381 g/mol. The van der Waals surface area contributed by atoms with E-state index in [2.05, 4.69) is 15.0 Å². The highest BCUT2D eigenvalue weighted by atomic mass is 19.4. The quantitative estimate of drug-likeness (QED) is 0.636. The van der Waals surface area contributed by atoms with E-state index in [1.54, 1.807) is 20.1 Å². The van der Waals surface area contributed by atoms with E-state index in [9.17, 15) is 13.2 Å². The van der Waals surface area contributed by atoms with Crippen LogP contribution in [0.25, 0.3) is 5.65 Å². The fraction of sp³-hybridized carbons (Fsp3) is 0.429. The van der Waals surface area contributed by atoms with Gasteiger partial charge in [-0.1, -0.05) is 19.1 Å². The number of fused-ring (bicyclic) bond motifs is 1. The summed E-state index contributed by atoms with van der Waals surface area (Å²) in [6.07, 6.45) is -3.16. The van der Waals surface area contributed by atoms with Gasteiger partial charge >= 0.3 is 6.18 Å². The van der Waals surface area contributed by atoms with E-state index in [0.29, 0.717) is 17.8 Å². The minimum atomic E-state index is -4.47. The average molecular weight is 404 g/mol. The minimum Gasteiger partial charge on any atom is -0.497 e. The van der Waals surface area contributed by atoms with Crippen LogP contribution in [-0.2, 0) is 19.1 Å². The molecular formula is C21H23F3N4O. The van der Waals surface area contributed by atoms with E-state index in [-0.39, 0.29) is 11.6 Å². The van der Waals surface area contributed by atoms with E-state index in [1.165, 1.54) is 5.56 Å². The number of methoxy groups -OCH3 is 1. The van der Waals surface area contributed by atoms with Crippen LogP contribution < -0.4 is 4.74 Å². The molecule has 1 aliphatic rings. The second kappa shape index (κ2) is 7.67. The largest absolute Gasteiger partial charge is 0.497 e. The molecule has 1 atom stereocenters. The lowest BCUT2D eigenvalue weighted by Gasteiger charge is -2.15. The number of aromatic nitrogens is 3. The van der Waals surface area contributed by atoms with E-state index in [0.717, 1.165) is 42.4 Å². The Bertz CT molecular complexity index is 998. The van der Waals surface area contributed by atoms with Gasteiger partial charge in [0.25, 0.3) is 0 Å². The lowest BCUT2D eigenvalue weighted by molar-refractivity contribution is -0.142. The first kappa shape index (κ1) is 19.7. The third kappa shape index (κ3) is 4.07. The molecule has 0 aliphatic carbocycles. The molecule has 1 aromatic carbocycles. The Kier molecular flexibility index (Phi) is 5.21. The first-order valence-electron chi connectivity index (χ1n) is 9.69.